The molecule has 3 aromatic rings. The molecule has 0 atom stereocenters. The number of fused-ring (bicyclic) bond motifs is 1. The van der Waals surface area contributed by atoms with E-state index >= 15 is 0 Å². The van der Waals surface area contributed by atoms with Gasteiger partial charge in [-0.15, -0.1) is 0 Å². The Hall–Kier alpha value is -2.44. The lowest BCUT2D eigenvalue weighted by Gasteiger charge is -2.27. The zero-order valence-electron chi connectivity index (χ0n) is 15.3. The molecule has 4 rings (SSSR count). The highest BCUT2D eigenvalue weighted by Crippen LogP contribution is 2.30. The lowest BCUT2D eigenvalue weighted by atomic mass is 10.0. The van der Waals surface area contributed by atoms with Gasteiger partial charge >= 0.3 is 0 Å². The van der Waals surface area contributed by atoms with Crippen LogP contribution in [0, 0.1) is 0 Å². The van der Waals surface area contributed by atoms with Crippen LogP contribution in [0.15, 0.2) is 47.6 Å². The quantitative estimate of drug-likeness (QED) is 0.687. The average Bonchev–Trinajstić information content (AvgIpc) is 2.74. The Balaban J connectivity index is 1.70. The van der Waals surface area contributed by atoms with Gasteiger partial charge in [0.05, 0.1) is 22.9 Å². The molecule has 1 aliphatic rings. The Kier molecular flexibility index (Phi) is 5.36. The van der Waals surface area contributed by atoms with Crippen LogP contribution in [0.3, 0.4) is 0 Å². The largest absolute Gasteiger partial charge is 0.354 e. The van der Waals surface area contributed by atoms with Crippen molar-refractivity contribution in [1.82, 2.24) is 9.97 Å². The van der Waals surface area contributed by atoms with Crippen molar-refractivity contribution in [2.45, 2.75) is 6.42 Å². The maximum Gasteiger partial charge on any atom is 0.147 e. The van der Waals surface area contributed by atoms with E-state index in [1.807, 2.05) is 24.0 Å². The van der Waals surface area contributed by atoms with Crippen molar-refractivity contribution in [3.63, 3.8) is 0 Å². The van der Waals surface area contributed by atoms with Gasteiger partial charge in [-0.25, -0.2) is 4.98 Å². The number of nitrogens with zero attached hydrogens (tertiary/aromatic N) is 4. The predicted octanol–water partition coefficient (Wildman–Crippen LogP) is 3.68. The normalized spacial score (nSPS) is 14.5. The highest BCUT2D eigenvalue weighted by atomic mass is 32.2. The fourth-order valence-electron chi connectivity index (χ4n) is 3.38. The zero-order chi connectivity index (χ0) is 18.6. The van der Waals surface area contributed by atoms with E-state index in [-0.39, 0.29) is 0 Å². The summed E-state index contributed by atoms with van der Waals surface area (Å²) in [5.41, 5.74) is 11.7. The van der Waals surface area contributed by atoms with Crippen LogP contribution in [0.25, 0.3) is 22.2 Å². The second kappa shape index (κ2) is 8.06. The van der Waals surface area contributed by atoms with E-state index < -0.39 is 0 Å². The van der Waals surface area contributed by atoms with Crippen molar-refractivity contribution >= 4 is 41.0 Å². The minimum Gasteiger partial charge on any atom is -0.354 e. The summed E-state index contributed by atoms with van der Waals surface area (Å²) in [4.78, 5) is 16.0. The van der Waals surface area contributed by atoms with Crippen LogP contribution in [-0.2, 0) is 6.42 Å². The molecule has 2 N–H and O–H groups in total. The third-order valence-corrected chi connectivity index (χ3v) is 5.81. The number of nitrogens with two attached hydrogens (primary N) is 1. The molecule has 0 amide bonds. The highest BCUT2D eigenvalue weighted by molar-refractivity contribution is 7.99. The molecule has 2 aromatic carbocycles. The first-order chi connectivity index (χ1) is 13.3. The van der Waals surface area contributed by atoms with Crippen molar-refractivity contribution in [2.75, 3.05) is 36.0 Å². The van der Waals surface area contributed by atoms with E-state index in [4.69, 9.17) is 10.7 Å². The molecule has 1 saturated heterocycles. The van der Waals surface area contributed by atoms with E-state index in [2.05, 4.69) is 51.9 Å². The van der Waals surface area contributed by atoms with Gasteiger partial charge in [0.2, 0.25) is 0 Å². The Morgan fingerprint density at radius 2 is 1.85 bits per heavy atom. The van der Waals surface area contributed by atoms with Crippen molar-refractivity contribution in [1.29, 1.82) is 0 Å². The van der Waals surface area contributed by atoms with Crippen LogP contribution in [0.4, 0.5) is 11.5 Å². The van der Waals surface area contributed by atoms with Gasteiger partial charge in [-0.1, -0.05) is 18.2 Å². The van der Waals surface area contributed by atoms with E-state index in [9.17, 15) is 0 Å². The van der Waals surface area contributed by atoms with Crippen LogP contribution in [0.1, 0.15) is 5.56 Å². The second-order valence-corrected chi connectivity index (χ2v) is 7.80. The molecule has 5 nitrogen and oxygen atoms in total. The maximum absolute atomic E-state index is 5.69. The minimum absolute atomic E-state index is 0.602. The van der Waals surface area contributed by atoms with Crippen LogP contribution in [0.2, 0.25) is 0 Å². The number of thioether (sulfide) groups is 1. The molecule has 1 fully saturated rings. The molecular weight excluding hydrogens is 354 g/mol. The van der Waals surface area contributed by atoms with E-state index in [1.54, 1.807) is 0 Å². The van der Waals surface area contributed by atoms with E-state index in [1.165, 1.54) is 0 Å². The molecule has 27 heavy (non-hydrogen) atoms. The van der Waals surface area contributed by atoms with Gasteiger partial charge in [0.15, 0.2) is 0 Å². The van der Waals surface area contributed by atoms with Crippen LogP contribution >= 0.6 is 11.8 Å². The Morgan fingerprint density at radius 3 is 2.63 bits per heavy atom. The van der Waals surface area contributed by atoms with E-state index in [0.29, 0.717) is 6.54 Å². The van der Waals surface area contributed by atoms with Crippen LogP contribution in [0.5, 0.6) is 0 Å². The van der Waals surface area contributed by atoms with Crippen LogP contribution in [-0.4, -0.2) is 47.8 Å². The first kappa shape index (κ1) is 17.9. The number of benzene rings is 2. The molecule has 0 unspecified atom stereocenters. The number of rotatable bonds is 5. The van der Waals surface area contributed by atoms with Crippen molar-refractivity contribution in [3.8, 4) is 11.1 Å². The monoisotopic (exact) mass is 377 g/mol. The molecule has 1 aromatic heterocycles. The molecule has 0 aliphatic carbocycles. The molecule has 0 bridgehead atoms. The lowest BCUT2D eigenvalue weighted by molar-refractivity contribution is 0.839. The molecule has 0 saturated carbocycles. The van der Waals surface area contributed by atoms with Gasteiger partial charge < -0.3 is 10.6 Å². The predicted molar refractivity (Wildman–Crippen MR) is 116 cm³/mol. The second-order valence-electron chi connectivity index (χ2n) is 6.57. The van der Waals surface area contributed by atoms with Crippen LogP contribution < -0.4 is 10.6 Å². The zero-order valence-corrected chi connectivity index (χ0v) is 16.1. The number of hydrogen-bond acceptors (Lipinski definition) is 6. The fraction of sp³-hybridized carbons (Fsp3) is 0.286. The molecule has 6 heteroatoms. The average molecular weight is 378 g/mol. The summed E-state index contributed by atoms with van der Waals surface area (Å²) in [6.07, 6.45) is 2.69. The summed E-state index contributed by atoms with van der Waals surface area (Å²) in [7, 11) is 0. The van der Waals surface area contributed by atoms with Gasteiger partial charge in [0.25, 0.3) is 0 Å². The SMILES string of the molecule is C=Nc1cc(-c2ccc3ncc(N4CCSCC4)nc3c2)ccc1CCN. The summed E-state index contributed by atoms with van der Waals surface area (Å²) < 4.78 is 0. The number of anilines is 1. The molecule has 1 aliphatic heterocycles. The van der Waals surface area contributed by atoms with Crippen molar-refractivity contribution < 1.29 is 0 Å². The van der Waals surface area contributed by atoms with E-state index in [0.717, 1.165) is 70.2 Å². The Morgan fingerprint density at radius 1 is 1.07 bits per heavy atom. The van der Waals surface area contributed by atoms with Gasteiger partial charge in [-0.3, -0.25) is 9.98 Å². The third-order valence-electron chi connectivity index (χ3n) is 4.87. The molecule has 138 valence electrons. The first-order valence-electron chi connectivity index (χ1n) is 9.18. The minimum atomic E-state index is 0.602. The molecular formula is C21H23N5S. The Labute approximate surface area is 163 Å². The third kappa shape index (κ3) is 3.82. The van der Waals surface area contributed by atoms with Crippen molar-refractivity contribution in [3.05, 3.63) is 48.2 Å². The summed E-state index contributed by atoms with van der Waals surface area (Å²) in [6.45, 7) is 6.36. The fourth-order valence-corrected chi connectivity index (χ4v) is 4.29. The van der Waals surface area contributed by atoms with Crippen molar-refractivity contribution in [2.24, 2.45) is 10.7 Å². The molecule has 2 heterocycles. The standard InChI is InChI=1S/C21H23N5S/c1-23-19-12-16(3-2-15(19)6-7-22)17-4-5-18-20(13-17)25-21(14-24-18)26-8-10-27-11-9-26/h2-5,12-14H,1,6-11,22H2. The molecule has 0 spiro atoms. The van der Waals surface area contributed by atoms with Gasteiger partial charge in [0, 0.05) is 24.6 Å². The summed E-state index contributed by atoms with van der Waals surface area (Å²) in [6, 6.07) is 12.5. The molecule has 0 radical (unpaired) electrons. The number of aromatic nitrogens is 2. The first-order valence-corrected chi connectivity index (χ1v) is 10.3. The number of hydrogen-bond donors (Lipinski definition) is 1. The highest BCUT2D eigenvalue weighted by Gasteiger charge is 2.13. The summed E-state index contributed by atoms with van der Waals surface area (Å²) >= 11 is 1.99. The lowest BCUT2D eigenvalue weighted by Crippen LogP contribution is -2.33. The summed E-state index contributed by atoms with van der Waals surface area (Å²) in [5, 5.41) is 0. The van der Waals surface area contributed by atoms with Gasteiger partial charge in [0.1, 0.15) is 5.82 Å². The number of aliphatic imine (C=N–C) groups is 1. The maximum atomic E-state index is 5.69. The topological polar surface area (TPSA) is 67.4 Å². The summed E-state index contributed by atoms with van der Waals surface area (Å²) in [5.74, 6) is 3.25. The smallest absolute Gasteiger partial charge is 0.147 e. The Bertz CT molecular complexity index is 966. The van der Waals surface area contributed by atoms with Gasteiger partial charge in [-0.05, 0) is 54.6 Å². The van der Waals surface area contributed by atoms with Gasteiger partial charge in [-0.2, -0.15) is 11.8 Å².